The second-order valence-electron chi connectivity index (χ2n) is 13.0. The summed E-state index contributed by atoms with van der Waals surface area (Å²) in [4.78, 5) is 43.3. The summed E-state index contributed by atoms with van der Waals surface area (Å²) >= 11 is 0. The molecule has 0 aliphatic rings. The van der Waals surface area contributed by atoms with Gasteiger partial charge in [0.2, 0.25) is 5.91 Å². The Morgan fingerprint density at radius 2 is 1.42 bits per heavy atom. The first-order valence-electron chi connectivity index (χ1n) is 14.8. The number of fused-ring (bicyclic) bond motifs is 1. The minimum Gasteiger partial charge on any atom is -0.508 e. The largest absolute Gasteiger partial charge is 0.508 e. The van der Waals surface area contributed by atoms with Crippen molar-refractivity contribution in [1.29, 1.82) is 0 Å². The highest BCUT2D eigenvalue weighted by molar-refractivity contribution is 6.01. The van der Waals surface area contributed by atoms with Crippen LogP contribution in [-0.2, 0) is 20.7 Å². The number of hydrogen-bond acceptors (Lipinski definition) is 6. The minimum atomic E-state index is -1.28. The number of amides is 3. The van der Waals surface area contributed by atoms with Gasteiger partial charge in [-0.3, -0.25) is 9.59 Å². The van der Waals surface area contributed by atoms with E-state index in [2.05, 4.69) is 10.6 Å². The zero-order valence-electron chi connectivity index (χ0n) is 26.5. The predicted octanol–water partition coefficient (Wildman–Crippen LogP) is 6.69. The van der Waals surface area contributed by atoms with Gasteiger partial charge in [-0.05, 0) is 88.2 Å². The van der Waals surface area contributed by atoms with Crippen LogP contribution >= 0.6 is 0 Å². The van der Waals surface area contributed by atoms with E-state index in [4.69, 9.17) is 4.74 Å². The Kier molecular flexibility index (Phi) is 9.71. The number of hydrogen-bond donors (Lipinski definition) is 4. The monoisotopic (exact) mass is 611 g/mol. The molecule has 2 atom stereocenters. The smallest absolute Gasteiger partial charge is 0.408 e. The van der Waals surface area contributed by atoms with Gasteiger partial charge in [-0.2, -0.15) is 0 Å². The fourth-order valence-electron chi connectivity index (χ4n) is 5.12. The number of nitrogens with zero attached hydrogens (tertiary/aromatic N) is 1. The first-order chi connectivity index (χ1) is 21.1. The van der Waals surface area contributed by atoms with Crippen molar-refractivity contribution in [1.82, 2.24) is 10.2 Å². The van der Waals surface area contributed by atoms with E-state index in [1.807, 2.05) is 36.4 Å². The molecule has 0 aliphatic heterocycles. The third kappa shape index (κ3) is 8.53. The van der Waals surface area contributed by atoms with Crippen LogP contribution < -0.4 is 10.6 Å². The molecule has 0 aliphatic carbocycles. The van der Waals surface area contributed by atoms with E-state index >= 15 is 0 Å². The standard InChI is InChI=1S/C36H41N3O6/c1-35(2,3)39(33(43)29(38-34(44)45-36(4,5)6)21-23-15-19-27(40)20-16-23)31(28-13-9-10-14-30(28)41)32(42)37-26-18-17-24-11-7-8-12-25(24)22-26/h7-20,22,29,31,40-41H,21H2,1-6H3,(H,37,42)(H,38,44). The lowest BCUT2D eigenvalue weighted by molar-refractivity contribution is -0.146. The molecule has 45 heavy (non-hydrogen) atoms. The Morgan fingerprint density at radius 3 is 2.04 bits per heavy atom. The highest BCUT2D eigenvalue weighted by Crippen LogP contribution is 2.35. The van der Waals surface area contributed by atoms with Gasteiger partial charge >= 0.3 is 6.09 Å². The van der Waals surface area contributed by atoms with Gasteiger partial charge in [-0.25, -0.2) is 4.79 Å². The van der Waals surface area contributed by atoms with Gasteiger partial charge in [0.25, 0.3) is 5.91 Å². The molecule has 4 N–H and O–H groups in total. The van der Waals surface area contributed by atoms with Gasteiger partial charge < -0.3 is 30.5 Å². The van der Waals surface area contributed by atoms with E-state index in [1.54, 1.807) is 77.9 Å². The van der Waals surface area contributed by atoms with Crippen LogP contribution in [-0.4, -0.2) is 50.2 Å². The summed E-state index contributed by atoms with van der Waals surface area (Å²) in [5.41, 5.74) is -0.380. The van der Waals surface area contributed by atoms with Crippen molar-refractivity contribution in [3.8, 4) is 11.5 Å². The summed E-state index contributed by atoms with van der Waals surface area (Å²) in [6.07, 6.45) is -0.752. The number of aromatic hydroxyl groups is 2. The molecule has 9 nitrogen and oxygen atoms in total. The minimum absolute atomic E-state index is 0.0464. The van der Waals surface area contributed by atoms with Crippen molar-refractivity contribution in [2.24, 2.45) is 0 Å². The summed E-state index contributed by atoms with van der Waals surface area (Å²) in [6.45, 7) is 10.5. The van der Waals surface area contributed by atoms with E-state index in [0.29, 0.717) is 11.3 Å². The number of ether oxygens (including phenoxy) is 1. The molecule has 4 aromatic rings. The fourth-order valence-corrected chi connectivity index (χ4v) is 5.12. The molecule has 0 saturated carbocycles. The number of rotatable bonds is 8. The second kappa shape index (κ2) is 13.3. The molecule has 2 unspecified atom stereocenters. The number of para-hydroxylation sites is 1. The fraction of sp³-hybridized carbons (Fsp3) is 0.306. The van der Waals surface area contributed by atoms with Crippen LogP contribution in [0, 0.1) is 0 Å². The number of nitrogens with one attached hydrogen (secondary N) is 2. The van der Waals surface area contributed by atoms with Crippen LogP contribution in [0.4, 0.5) is 10.5 Å². The van der Waals surface area contributed by atoms with E-state index < -0.39 is 41.1 Å². The third-order valence-electron chi connectivity index (χ3n) is 7.08. The van der Waals surface area contributed by atoms with Crippen LogP contribution in [0.2, 0.25) is 0 Å². The Balaban J connectivity index is 1.78. The summed E-state index contributed by atoms with van der Waals surface area (Å²) in [6, 6.07) is 23.5. The summed E-state index contributed by atoms with van der Waals surface area (Å²) < 4.78 is 5.49. The molecule has 0 bridgehead atoms. The Labute approximate surface area is 263 Å². The molecular weight excluding hydrogens is 570 g/mol. The average molecular weight is 612 g/mol. The molecule has 0 spiro atoms. The molecule has 236 valence electrons. The number of carbonyl (C=O) groups excluding carboxylic acids is 3. The number of anilines is 1. The van der Waals surface area contributed by atoms with Crippen LogP contribution in [0.1, 0.15) is 58.7 Å². The topological polar surface area (TPSA) is 128 Å². The molecule has 4 rings (SSSR count). The van der Waals surface area contributed by atoms with E-state index in [-0.39, 0.29) is 23.5 Å². The van der Waals surface area contributed by atoms with E-state index in [0.717, 1.165) is 10.8 Å². The van der Waals surface area contributed by atoms with Crippen LogP contribution in [0.25, 0.3) is 10.8 Å². The number of benzene rings is 4. The molecule has 0 aromatic heterocycles. The Hall–Kier alpha value is -5.05. The molecule has 0 radical (unpaired) electrons. The predicted molar refractivity (Wildman–Crippen MR) is 175 cm³/mol. The average Bonchev–Trinajstić information content (AvgIpc) is 2.95. The molecule has 0 fully saturated rings. The van der Waals surface area contributed by atoms with Gasteiger partial charge in [0, 0.05) is 23.2 Å². The first-order valence-corrected chi connectivity index (χ1v) is 14.8. The highest BCUT2D eigenvalue weighted by atomic mass is 16.6. The lowest BCUT2D eigenvalue weighted by Gasteiger charge is -2.43. The van der Waals surface area contributed by atoms with E-state index in [1.165, 1.54) is 23.1 Å². The lowest BCUT2D eigenvalue weighted by Crippen LogP contribution is -2.58. The maximum Gasteiger partial charge on any atom is 0.408 e. The van der Waals surface area contributed by atoms with Gasteiger partial charge in [0.1, 0.15) is 29.2 Å². The van der Waals surface area contributed by atoms with Crippen LogP contribution in [0.15, 0.2) is 91.0 Å². The number of phenols is 2. The number of carbonyl (C=O) groups is 3. The summed E-state index contributed by atoms with van der Waals surface area (Å²) in [5, 5.41) is 28.4. The molecule has 0 heterocycles. The van der Waals surface area contributed by atoms with Crippen molar-refractivity contribution in [3.63, 3.8) is 0 Å². The number of phenolic OH excluding ortho intramolecular Hbond substituents is 2. The zero-order chi connectivity index (χ0) is 32.9. The van der Waals surface area contributed by atoms with Gasteiger partial charge in [0.05, 0.1) is 0 Å². The highest BCUT2D eigenvalue weighted by Gasteiger charge is 2.43. The van der Waals surface area contributed by atoms with Gasteiger partial charge in [0.15, 0.2) is 0 Å². The van der Waals surface area contributed by atoms with Crippen molar-refractivity contribution in [2.45, 2.75) is 71.2 Å². The maximum absolute atomic E-state index is 14.7. The van der Waals surface area contributed by atoms with Gasteiger partial charge in [-0.15, -0.1) is 0 Å². The second-order valence-corrected chi connectivity index (χ2v) is 13.0. The molecule has 9 heteroatoms. The van der Waals surface area contributed by atoms with Gasteiger partial charge in [-0.1, -0.05) is 60.7 Å². The number of alkyl carbamates (subject to hydrolysis) is 1. The quantitative estimate of drug-likeness (QED) is 0.176. The van der Waals surface area contributed by atoms with E-state index in [9.17, 15) is 24.6 Å². The van der Waals surface area contributed by atoms with Crippen LogP contribution in [0.5, 0.6) is 11.5 Å². The van der Waals surface area contributed by atoms with Crippen molar-refractivity contribution >= 4 is 34.4 Å². The lowest BCUT2D eigenvalue weighted by atomic mass is 9.93. The molecule has 3 amide bonds. The van der Waals surface area contributed by atoms with Crippen molar-refractivity contribution in [2.75, 3.05) is 5.32 Å². The van der Waals surface area contributed by atoms with Crippen LogP contribution in [0.3, 0.4) is 0 Å². The summed E-state index contributed by atoms with van der Waals surface area (Å²) in [5.74, 6) is -1.21. The Morgan fingerprint density at radius 1 is 0.800 bits per heavy atom. The SMILES string of the molecule is CC(C)(C)OC(=O)NC(Cc1ccc(O)cc1)C(=O)N(C(C(=O)Nc1ccc2ccccc2c1)c1ccccc1O)C(C)(C)C. The van der Waals surface area contributed by atoms with Crippen molar-refractivity contribution < 1.29 is 29.3 Å². The van der Waals surface area contributed by atoms with Crippen molar-refractivity contribution in [3.05, 3.63) is 102 Å². The zero-order valence-corrected chi connectivity index (χ0v) is 26.5. The Bertz CT molecular complexity index is 1670. The molecule has 4 aromatic carbocycles. The summed E-state index contributed by atoms with van der Waals surface area (Å²) in [7, 11) is 0. The third-order valence-corrected chi connectivity index (χ3v) is 7.08. The molecule has 0 saturated heterocycles. The first kappa shape index (κ1) is 32.9. The molecular formula is C36H41N3O6. The maximum atomic E-state index is 14.7. The normalized spacial score (nSPS) is 13.0.